The molecule has 0 N–H and O–H groups in total. The minimum Gasteiger partial charge on any atom is -0.463 e. The zero-order chi connectivity index (χ0) is 40.8. The number of benzene rings is 4. The van der Waals surface area contributed by atoms with Gasteiger partial charge in [-0.15, -0.1) is 6.58 Å². The Morgan fingerprint density at radius 3 is 1.57 bits per heavy atom. The highest BCUT2D eigenvalue weighted by molar-refractivity contribution is 5.77. The summed E-state index contributed by atoms with van der Waals surface area (Å²) < 4.78 is 45.3. The quantitative estimate of drug-likeness (QED) is 0.0369. The lowest BCUT2D eigenvalue weighted by Gasteiger charge is -2.46. The molecular weight excluding hydrogens is 733 g/mol. The third kappa shape index (κ3) is 15.3. The van der Waals surface area contributed by atoms with Gasteiger partial charge in [-0.3, -0.25) is 9.59 Å². The van der Waals surface area contributed by atoms with Gasteiger partial charge in [0.1, 0.15) is 37.6 Å². The lowest BCUT2D eigenvalue weighted by atomic mass is 9.96. The fourth-order valence-corrected chi connectivity index (χ4v) is 6.79. The van der Waals surface area contributed by atoms with Crippen LogP contribution in [0.3, 0.4) is 0 Å². The molecule has 4 aromatic rings. The predicted octanol–water partition coefficient (Wildman–Crippen LogP) is 9.71. The van der Waals surface area contributed by atoms with Crippen molar-refractivity contribution >= 4 is 11.9 Å². The van der Waals surface area contributed by atoms with Crippen LogP contribution in [-0.4, -0.2) is 55.4 Å². The molecule has 1 saturated heterocycles. The molecule has 5 rings (SSSR count). The standard InChI is InChI=1S/C49H60O9/c1-4-5-6-7-20-29-42(37(2)3)57-49-48(56-35-41-27-18-11-19-28-41)47(55-34-40-25-16-10-17-26-40)46(54-33-39-23-14-9-15-24-39)43(58-49)36-53-45(51)31-30-44(50)52-32-38-21-12-8-13-22-38/h4,8-19,21-28,37,42-43,46-49H,1,5-7,20,29-36H2,2-3H3/t42?,43-,46-,47+,48-,49-/m1/s1. The monoisotopic (exact) mass is 792 g/mol. The predicted molar refractivity (Wildman–Crippen MR) is 223 cm³/mol. The Labute approximate surface area is 344 Å². The first kappa shape index (κ1) is 44.5. The first-order valence-electron chi connectivity index (χ1n) is 20.6. The van der Waals surface area contributed by atoms with Gasteiger partial charge < -0.3 is 33.2 Å². The zero-order valence-electron chi connectivity index (χ0n) is 34.0. The summed E-state index contributed by atoms with van der Waals surface area (Å²) in [6.45, 7) is 8.98. The number of allylic oxidation sites excluding steroid dienone is 1. The smallest absolute Gasteiger partial charge is 0.306 e. The van der Waals surface area contributed by atoms with E-state index in [0.717, 1.165) is 54.4 Å². The number of unbranched alkanes of at least 4 members (excludes halogenated alkanes) is 3. The van der Waals surface area contributed by atoms with Crippen LogP contribution in [0.5, 0.6) is 0 Å². The molecule has 310 valence electrons. The molecular formula is C49H60O9. The van der Waals surface area contributed by atoms with E-state index in [9.17, 15) is 9.59 Å². The summed E-state index contributed by atoms with van der Waals surface area (Å²) in [6, 6.07) is 39.2. The van der Waals surface area contributed by atoms with Gasteiger partial charge in [0.2, 0.25) is 0 Å². The number of carbonyl (C=O) groups excluding carboxylic acids is 2. The molecule has 1 fully saturated rings. The molecule has 0 saturated carbocycles. The van der Waals surface area contributed by atoms with Gasteiger partial charge in [-0.05, 0) is 47.4 Å². The largest absolute Gasteiger partial charge is 0.463 e. The van der Waals surface area contributed by atoms with Crippen molar-refractivity contribution in [3.63, 3.8) is 0 Å². The second-order valence-electron chi connectivity index (χ2n) is 15.0. The summed E-state index contributed by atoms with van der Waals surface area (Å²) in [7, 11) is 0. The number of rotatable bonds is 25. The van der Waals surface area contributed by atoms with Crippen LogP contribution in [0.25, 0.3) is 0 Å². The van der Waals surface area contributed by atoms with Gasteiger partial charge in [0.05, 0.1) is 38.8 Å². The summed E-state index contributed by atoms with van der Waals surface area (Å²) in [4.78, 5) is 25.7. The molecule has 9 nitrogen and oxygen atoms in total. The molecule has 1 aliphatic heterocycles. The molecule has 0 amide bonds. The van der Waals surface area contributed by atoms with Crippen molar-refractivity contribution in [3.8, 4) is 0 Å². The second kappa shape index (κ2) is 25.0. The average molecular weight is 793 g/mol. The molecule has 0 aliphatic carbocycles. The average Bonchev–Trinajstić information content (AvgIpc) is 3.26. The maximum absolute atomic E-state index is 13.2. The van der Waals surface area contributed by atoms with Crippen LogP contribution in [0.1, 0.15) is 81.0 Å². The number of carbonyl (C=O) groups is 2. The van der Waals surface area contributed by atoms with Crippen molar-refractivity contribution in [3.05, 3.63) is 156 Å². The van der Waals surface area contributed by atoms with Crippen molar-refractivity contribution in [1.29, 1.82) is 0 Å². The molecule has 1 aliphatic rings. The number of hydrogen-bond donors (Lipinski definition) is 0. The summed E-state index contributed by atoms with van der Waals surface area (Å²) in [6.07, 6.45) is 2.70. The third-order valence-corrected chi connectivity index (χ3v) is 10.1. The lowest BCUT2D eigenvalue weighted by Crippen LogP contribution is -2.62. The highest BCUT2D eigenvalue weighted by atomic mass is 16.7. The molecule has 9 heteroatoms. The zero-order valence-corrected chi connectivity index (χ0v) is 34.0. The molecule has 0 bridgehead atoms. The third-order valence-electron chi connectivity index (χ3n) is 10.1. The molecule has 1 heterocycles. The molecule has 58 heavy (non-hydrogen) atoms. The highest BCUT2D eigenvalue weighted by Gasteiger charge is 2.50. The second-order valence-corrected chi connectivity index (χ2v) is 15.0. The van der Waals surface area contributed by atoms with E-state index in [1.54, 1.807) is 0 Å². The van der Waals surface area contributed by atoms with Gasteiger partial charge in [-0.1, -0.05) is 154 Å². The van der Waals surface area contributed by atoms with Gasteiger partial charge >= 0.3 is 11.9 Å². The lowest BCUT2D eigenvalue weighted by molar-refractivity contribution is -0.337. The Morgan fingerprint density at radius 1 is 0.603 bits per heavy atom. The molecule has 0 aromatic heterocycles. The van der Waals surface area contributed by atoms with Crippen molar-refractivity contribution in [1.82, 2.24) is 0 Å². The highest BCUT2D eigenvalue weighted by Crippen LogP contribution is 2.33. The van der Waals surface area contributed by atoms with Crippen molar-refractivity contribution < 1.29 is 42.7 Å². The molecule has 1 unspecified atom stereocenters. The van der Waals surface area contributed by atoms with Crippen LogP contribution in [0.2, 0.25) is 0 Å². The number of ether oxygens (including phenoxy) is 7. The van der Waals surface area contributed by atoms with Crippen molar-refractivity contribution in [2.24, 2.45) is 5.92 Å². The number of esters is 2. The normalized spacial score (nSPS) is 19.7. The maximum Gasteiger partial charge on any atom is 0.306 e. The van der Waals surface area contributed by atoms with Crippen LogP contribution < -0.4 is 0 Å². The Kier molecular flexibility index (Phi) is 19.1. The van der Waals surface area contributed by atoms with E-state index in [2.05, 4.69) is 20.4 Å². The fourth-order valence-electron chi connectivity index (χ4n) is 6.79. The van der Waals surface area contributed by atoms with E-state index in [0.29, 0.717) is 6.61 Å². The van der Waals surface area contributed by atoms with Crippen LogP contribution in [-0.2, 0) is 69.2 Å². The van der Waals surface area contributed by atoms with Crippen molar-refractivity contribution in [2.45, 2.75) is 122 Å². The van der Waals surface area contributed by atoms with Crippen LogP contribution in [0.4, 0.5) is 0 Å². The van der Waals surface area contributed by atoms with Gasteiger partial charge in [0.15, 0.2) is 6.29 Å². The Bertz CT molecular complexity index is 1740. The summed E-state index contributed by atoms with van der Waals surface area (Å²) >= 11 is 0. The Hall–Kier alpha value is -4.64. The van der Waals surface area contributed by atoms with E-state index in [1.807, 2.05) is 127 Å². The van der Waals surface area contributed by atoms with Crippen LogP contribution >= 0.6 is 0 Å². The van der Waals surface area contributed by atoms with Crippen LogP contribution in [0.15, 0.2) is 134 Å². The van der Waals surface area contributed by atoms with Gasteiger partial charge in [-0.2, -0.15) is 0 Å². The molecule has 0 spiro atoms. The summed E-state index contributed by atoms with van der Waals surface area (Å²) in [5.74, 6) is -0.848. The topological polar surface area (TPSA) is 98.8 Å². The van der Waals surface area contributed by atoms with Crippen LogP contribution in [0, 0.1) is 5.92 Å². The maximum atomic E-state index is 13.2. The minimum atomic E-state index is -0.877. The van der Waals surface area contributed by atoms with E-state index < -0.39 is 42.6 Å². The Morgan fingerprint density at radius 2 is 1.07 bits per heavy atom. The molecule has 6 atom stereocenters. The summed E-state index contributed by atoms with van der Waals surface area (Å²) in [5.41, 5.74) is 3.81. The van der Waals surface area contributed by atoms with E-state index in [-0.39, 0.29) is 51.3 Å². The minimum absolute atomic E-state index is 0.113. The Balaban J connectivity index is 1.39. The van der Waals surface area contributed by atoms with Gasteiger partial charge in [-0.25, -0.2) is 0 Å². The van der Waals surface area contributed by atoms with E-state index >= 15 is 0 Å². The molecule has 4 aromatic carbocycles. The van der Waals surface area contributed by atoms with Gasteiger partial charge in [0.25, 0.3) is 0 Å². The fraction of sp³-hybridized carbons (Fsp3) is 0.429. The van der Waals surface area contributed by atoms with Gasteiger partial charge in [0, 0.05) is 0 Å². The van der Waals surface area contributed by atoms with Crippen molar-refractivity contribution in [2.75, 3.05) is 6.61 Å². The number of hydrogen-bond acceptors (Lipinski definition) is 9. The van der Waals surface area contributed by atoms with E-state index in [1.165, 1.54) is 0 Å². The SMILES string of the molecule is C=CCCCCCC(O[C@@H]1O[C@H](COC(=O)CCC(=O)OCc2ccccc2)[C@@H](OCc2ccccc2)[C@H](OCc2ccccc2)[C@H]1OCc1ccccc1)C(C)C. The first-order valence-corrected chi connectivity index (χ1v) is 20.6. The summed E-state index contributed by atoms with van der Waals surface area (Å²) in [5, 5.41) is 0. The first-order chi connectivity index (χ1) is 28.4. The molecule has 0 radical (unpaired) electrons. The van der Waals surface area contributed by atoms with E-state index in [4.69, 9.17) is 33.2 Å².